The first-order valence-electron chi connectivity index (χ1n) is 5.70. The molecule has 3 heterocycles. The van der Waals surface area contributed by atoms with Gasteiger partial charge in [-0.3, -0.25) is 4.57 Å². The van der Waals surface area contributed by atoms with Gasteiger partial charge in [0.2, 0.25) is 0 Å². The summed E-state index contributed by atoms with van der Waals surface area (Å²) >= 11 is 0. The first-order valence-corrected chi connectivity index (χ1v) is 5.70. The molecule has 0 fully saturated rings. The molecular formula is C10H10N8O2. The summed E-state index contributed by atoms with van der Waals surface area (Å²) in [7, 11) is 0. The third-order valence-electron chi connectivity index (χ3n) is 2.93. The van der Waals surface area contributed by atoms with Crippen LogP contribution in [0.5, 0.6) is 0 Å². The quantitative estimate of drug-likeness (QED) is 0.472. The number of rotatable bonds is 3. The van der Waals surface area contributed by atoms with Gasteiger partial charge in [-0.25, -0.2) is 15.0 Å². The largest absolute Gasteiger partial charge is 0.393 e. The van der Waals surface area contributed by atoms with Crippen LogP contribution in [0.4, 0.5) is 5.82 Å². The fourth-order valence-electron chi connectivity index (χ4n) is 2.02. The van der Waals surface area contributed by atoms with Crippen LogP contribution in [0, 0.1) is 0 Å². The maximum absolute atomic E-state index is 9.22. The van der Waals surface area contributed by atoms with Crippen LogP contribution in [-0.2, 0) is 4.74 Å². The first kappa shape index (κ1) is 12.4. The van der Waals surface area contributed by atoms with Crippen molar-refractivity contribution in [1.29, 1.82) is 0 Å². The number of aliphatic hydroxyl groups is 1. The van der Waals surface area contributed by atoms with Crippen molar-refractivity contribution in [2.45, 2.75) is 12.3 Å². The number of anilines is 1. The van der Waals surface area contributed by atoms with Crippen LogP contribution in [0.2, 0.25) is 0 Å². The summed E-state index contributed by atoms with van der Waals surface area (Å²) in [6.07, 6.45) is 3.18. The first-order chi connectivity index (χ1) is 9.74. The maximum atomic E-state index is 9.22. The number of nitrogens with two attached hydrogens (primary N) is 1. The lowest BCUT2D eigenvalue weighted by Gasteiger charge is -2.14. The number of hydrogen-bond acceptors (Lipinski definition) is 7. The van der Waals surface area contributed by atoms with Crippen molar-refractivity contribution in [1.82, 2.24) is 19.5 Å². The predicted octanol–water partition coefficient (Wildman–Crippen LogP) is 0.492. The van der Waals surface area contributed by atoms with E-state index in [9.17, 15) is 5.11 Å². The molecule has 1 aliphatic rings. The molecule has 0 radical (unpaired) electrons. The Morgan fingerprint density at radius 2 is 2.35 bits per heavy atom. The molecule has 20 heavy (non-hydrogen) atoms. The van der Waals surface area contributed by atoms with Crippen molar-refractivity contribution < 1.29 is 9.84 Å². The number of aromatic nitrogens is 4. The van der Waals surface area contributed by atoms with E-state index in [1.807, 2.05) is 0 Å². The van der Waals surface area contributed by atoms with Gasteiger partial charge in [0.15, 0.2) is 17.7 Å². The minimum atomic E-state index is -0.674. The van der Waals surface area contributed by atoms with E-state index in [0.29, 0.717) is 16.9 Å². The molecule has 0 unspecified atom stereocenters. The van der Waals surface area contributed by atoms with E-state index < -0.39 is 12.3 Å². The van der Waals surface area contributed by atoms with Crippen molar-refractivity contribution in [3.63, 3.8) is 0 Å². The molecule has 3 N–H and O–H groups in total. The second-order valence-electron chi connectivity index (χ2n) is 4.06. The zero-order chi connectivity index (χ0) is 14.1. The number of fused-ring (bicyclic) bond motifs is 1. The van der Waals surface area contributed by atoms with Crippen molar-refractivity contribution in [3.8, 4) is 0 Å². The van der Waals surface area contributed by atoms with Gasteiger partial charge in [0, 0.05) is 10.6 Å². The molecule has 2 aromatic heterocycles. The van der Waals surface area contributed by atoms with Crippen LogP contribution in [0.1, 0.15) is 6.23 Å². The topological polar surface area (TPSA) is 148 Å². The summed E-state index contributed by atoms with van der Waals surface area (Å²) in [6.45, 7) is -0.287. The van der Waals surface area contributed by atoms with Gasteiger partial charge in [-0.15, -0.1) is 0 Å². The number of aliphatic hydroxyl groups excluding tert-OH is 1. The Labute approximate surface area is 112 Å². The number of nitrogen functional groups attached to an aromatic ring is 1. The van der Waals surface area contributed by atoms with Crippen molar-refractivity contribution in [2.24, 2.45) is 5.11 Å². The summed E-state index contributed by atoms with van der Waals surface area (Å²) in [4.78, 5) is 14.8. The Kier molecular flexibility index (Phi) is 2.95. The van der Waals surface area contributed by atoms with Gasteiger partial charge in [0.05, 0.1) is 12.9 Å². The zero-order valence-corrected chi connectivity index (χ0v) is 10.2. The Bertz CT molecular complexity index is 732. The van der Waals surface area contributed by atoms with Crippen LogP contribution >= 0.6 is 0 Å². The van der Waals surface area contributed by atoms with Gasteiger partial charge in [0.25, 0.3) is 0 Å². The molecule has 2 atom stereocenters. The van der Waals surface area contributed by atoms with Gasteiger partial charge >= 0.3 is 0 Å². The summed E-state index contributed by atoms with van der Waals surface area (Å²) in [5.41, 5.74) is 15.5. The highest BCUT2D eigenvalue weighted by Crippen LogP contribution is 2.30. The SMILES string of the molecule is [N-]=[N+]=NC1=C[C@H](n2cnc3c(N)ncnc32)O[C@@H]1CO. The molecule has 0 amide bonds. The van der Waals surface area contributed by atoms with Gasteiger partial charge in [-0.1, -0.05) is 5.11 Å². The third-order valence-corrected chi connectivity index (χ3v) is 2.93. The average molecular weight is 274 g/mol. The molecule has 102 valence electrons. The average Bonchev–Trinajstić information content (AvgIpc) is 3.03. The molecule has 3 rings (SSSR count). The standard InChI is InChI=1S/C10H10N8O2/c11-9-8-10(14-3-13-9)18(4-15-8)7-1-5(16-17-12)6(2-19)20-7/h1,3-4,6-7,19H,2H2,(H2,11,13,14)/t6-,7-/m1/s1. The Hall–Kier alpha value is -2.68. The monoisotopic (exact) mass is 274 g/mol. The second-order valence-corrected chi connectivity index (χ2v) is 4.06. The van der Waals surface area contributed by atoms with Crippen LogP contribution in [0.3, 0.4) is 0 Å². The predicted molar refractivity (Wildman–Crippen MR) is 68.0 cm³/mol. The lowest BCUT2D eigenvalue weighted by atomic mass is 10.3. The van der Waals surface area contributed by atoms with Gasteiger partial charge in [-0.05, 0) is 11.6 Å². The lowest BCUT2D eigenvalue weighted by Crippen LogP contribution is -2.17. The smallest absolute Gasteiger partial charge is 0.167 e. The molecule has 10 nitrogen and oxygen atoms in total. The maximum Gasteiger partial charge on any atom is 0.167 e. The van der Waals surface area contributed by atoms with Crippen LogP contribution in [0.25, 0.3) is 21.6 Å². The lowest BCUT2D eigenvalue weighted by molar-refractivity contribution is -0.0104. The molecule has 0 spiro atoms. The van der Waals surface area contributed by atoms with E-state index in [0.717, 1.165) is 0 Å². The summed E-state index contributed by atoms with van der Waals surface area (Å²) < 4.78 is 7.20. The van der Waals surface area contributed by atoms with E-state index in [2.05, 4.69) is 25.0 Å². The molecule has 10 heteroatoms. The molecule has 0 aromatic carbocycles. The minimum Gasteiger partial charge on any atom is -0.393 e. The zero-order valence-electron chi connectivity index (χ0n) is 10.2. The van der Waals surface area contributed by atoms with Gasteiger partial charge in [-0.2, -0.15) is 0 Å². The van der Waals surface area contributed by atoms with E-state index in [-0.39, 0.29) is 12.4 Å². The Balaban J connectivity index is 2.04. The minimum absolute atomic E-state index is 0.268. The van der Waals surface area contributed by atoms with Crippen LogP contribution in [0.15, 0.2) is 29.5 Å². The molecular weight excluding hydrogens is 264 g/mol. The van der Waals surface area contributed by atoms with Crippen molar-refractivity contribution >= 4 is 17.0 Å². The van der Waals surface area contributed by atoms with Crippen molar-refractivity contribution in [2.75, 3.05) is 12.3 Å². The molecule has 1 aliphatic heterocycles. The normalized spacial score (nSPS) is 21.8. The second kappa shape index (κ2) is 4.78. The summed E-state index contributed by atoms with van der Waals surface area (Å²) in [6, 6.07) is 0. The molecule has 0 saturated carbocycles. The number of nitrogens with zero attached hydrogens (tertiary/aromatic N) is 7. The highest BCUT2D eigenvalue weighted by atomic mass is 16.5. The fourth-order valence-corrected chi connectivity index (χ4v) is 2.02. The van der Waals surface area contributed by atoms with Crippen LogP contribution in [-0.4, -0.2) is 37.3 Å². The fraction of sp³-hybridized carbons (Fsp3) is 0.300. The Morgan fingerprint density at radius 1 is 1.50 bits per heavy atom. The highest BCUT2D eigenvalue weighted by molar-refractivity contribution is 5.81. The van der Waals surface area contributed by atoms with Crippen LogP contribution < -0.4 is 5.73 Å². The number of ether oxygens (including phenoxy) is 1. The molecule has 2 aromatic rings. The summed E-state index contributed by atoms with van der Waals surface area (Å²) in [5.74, 6) is 0.268. The number of hydrogen-bond donors (Lipinski definition) is 2. The van der Waals surface area contributed by atoms with Crippen molar-refractivity contribution in [3.05, 3.63) is 34.9 Å². The number of azide groups is 1. The number of imidazole rings is 1. The Morgan fingerprint density at radius 3 is 3.10 bits per heavy atom. The third kappa shape index (κ3) is 1.84. The van der Waals surface area contributed by atoms with Gasteiger partial charge < -0.3 is 15.6 Å². The van der Waals surface area contributed by atoms with E-state index in [4.69, 9.17) is 16.0 Å². The molecule has 0 aliphatic carbocycles. The van der Waals surface area contributed by atoms with E-state index in [1.54, 1.807) is 10.6 Å². The van der Waals surface area contributed by atoms with Gasteiger partial charge in [0.1, 0.15) is 17.9 Å². The summed E-state index contributed by atoms with van der Waals surface area (Å²) in [5, 5.41) is 12.7. The molecule has 0 bridgehead atoms. The van der Waals surface area contributed by atoms with E-state index >= 15 is 0 Å². The van der Waals surface area contributed by atoms with E-state index in [1.165, 1.54) is 12.7 Å². The highest BCUT2D eigenvalue weighted by Gasteiger charge is 2.28. The molecule has 0 saturated heterocycles.